The first-order valence-corrected chi connectivity index (χ1v) is 16.2. The molecule has 3 saturated carbocycles. The second kappa shape index (κ2) is 13.4. The van der Waals surface area contributed by atoms with Crippen molar-refractivity contribution in [2.45, 2.75) is 90.4 Å². The predicted molar refractivity (Wildman–Crippen MR) is 177 cm³/mol. The Labute approximate surface area is 270 Å². The van der Waals surface area contributed by atoms with Crippen LogP contribution >= 0.6 is 0 Å². The SMILES string of the molecule is CC(C)C[C@H](NC(=O)[C@H](CCCN=C(N)N[N+](=O)[O-])NC(=O)Nc1cccc2ccccc12)B1O[C@@H]2CC3C[C@@H](C3(C)C)[C@]2(C)O1. The molecule has 0 aromatic heterocycles. The molecule has 3 amide bonds. The summed E-state index contributed by atoms with van der Waals surface area (Å²) in [7, 11) is -0.612. The number of hydrazine groups is 1. The Hall–Kier alpha value is -3.91. The van der Waals surface area contributed by atoms with Crippen molar-refractivity contribution in [3.63, 3.8) is 0 Å². The molecular formula is C32H46BN7O6. The molecule has 6 atom stereocenters. The number of nitrogens with two attached hydrogens (primary N) is 1. The summed E-state index contributed by atoms with van der Waals surface area (Å²) in [5.41, 5.74) is 7.73. The van der Waals surface area contributed by atoms with E-state index in [4.69, 9.17) is 15.0 Å². The molecule has 3 aliphatic carbocycles. The monoisotopic (exact) mass is 635 g/mol. The zero-order valence-corrected chi connectivity index (χ0v) is 27.2. The normalized spacial score (nSPS) is 26.1. The van der Waals surface area contributed by atoms with Gasteiger partial charge in [-0.2, -0.15) is 0 Å². The van der Waals surface area contributed by atoms with E-state index in [1.165, 1.54) is 0 Å². The summed E-state index contributed by atoms with van der Waals surface area (Å²) in [6.45, 7) is 11.0. The number of guanidine groups is 1. The van der Waals surface area contributed by atoms with Gasteiger partial charge in [-0.05, 0) is 73.6 Å². The highest BCUT2D eigenvalue weighted by Crippen LogP contribution is 2.65. The van der Waals surface area contributed by atoms with E-state index in [1.54, 1.807) is 11.5 Å². The number of nitrogens with one attached hydrogen (secondary N) is 4. The first kappa shape index (κ1) is 33.5. The predicted octanol–water partition coefficient (Wildman–Crippen LogP) is 4.00. The van der Waals surface area contributed by atoms with Crippen LogP contribution in [0.2, 0.25) is 0 Å². The standard InChI is InChI=1S/C32H46BN7O6/c1-19(2)16-27(33-45-26-18-21-17-25(31(21,3)4)32(26,5)46-33)38-28(41)24(14-9-15-35-29(34)39-40(43)44)37-30(42)36-23-13-8-11-20-10-6-7-12-22(20)23/h6-8,10-13,19,21,24-27H,9,14-18H2,1-5H3,(H,38,41)(H3,34,35,39)(H2,36,37,42)/t21?,24-,25-,26+,27-,32-/m0/s1. The number of nitrogens with zero attached hydrogens (tertiary/aromatic N) is 2. The highest BCUT2D eigenvalue weighted by atomic mass is 16.7. The lowest BCUT2D eigenvalue weighted by molar-refractivity contribution is -0.525. The number of urea groups is 1. The summed E-state index contributed by atoms with van der Waals surface area (Å²) in [5.74, 6) is 0.0765. The number of carbonyl (C=O) groups excluding carboxylic acids is 2. The zero-order chi connectivity index (χ0) is 33.2. The molecule has 2 aromatic rings. The van der Waals surface area contributed by atoms with Gasteiger partial charge in [-0.3, -0.25) is 4.79 Å². The molecular weight excluding hydrogens is 589 g/mol. The van der Waals surface area contributed by atoms with E-state index >= 15 is 0 Å². The number of hydrogen-bond donors (Lipinski definition) is 5. The van der Waals surface area contributed by atoms with Gasteiger partial charge in [0.05, 0.1) is 23.3 Å². The summed E-state index contributed by atoms with van der Waals surface area (Å²) >= 11 is 0. The van der Waals surface area contributed by atoms with Crippen LogP contribution in [0.3, 0.4) is 0 Å². The van der Waals surface area contributed by atoms with Gasteiger partial charge >= 0.3 is 13.1 Å². The molecule has 1 aliphatic heterocycles. The summed E-state index contributed by atoms with van der Waals surface area (Å²) < 4.78 is 13.2. The second-order valence-corrected chi connectivity index (χ2v) is 14.0. The summed E-state index contributed by atoms with van der Waals surface area (Å²) in [5, 5.41) is 20.6. The number of anilines is 1. The number of aliphatic imine (C=N–C) groups is 1. The highest BCUT2D eigenvalue weighted by molar-refractivity contribution is 6.48. The quantitative estimate of drug-likeness (QED) is 0.0579. The van der Waals surface area contributed by atoms with E-state index < -0.39 is 35.8 Å². The van der Waals surface area contributed by atoms with Gasteiger partial charge in [0, 0.05) is 11.9 Å². The fraction of sp³-hybridized carbons (Fsp3) is 0.594. The second-order valence-electron chi connectivity index (χ2n) is 14.0. The van der Waals surface area contributed by atoms with Gasteiger partial charge in [0.15, 0.2) is 5.03 Å². The molecule has 0 spiro atoms. The van der Waals surface area contributed by atoms with Crippen LogP contribution in [0.5, 0.6) is 0 Å². The molecule has 6 N–H and O–H groups in total. The Morgan fingerprint density at radius 2 is 1.87 bits per heavy atom. The Morgan fingerprint density at radius 1 is 1.13 bits per heavy atom. The third-order valence-corrected chi connectivity index (χ3v) is 10.1. The third kappa shape index (κ3) is 7.07. The van der Waals surface area contributed by atoms with Crippen molar-refractivity contribution in [1.29, 1.82) is 0 Å². The van der Waals surface area contributed by atoms with Crippen molar-refractivity contribution in [2.75, 3.05) is 11.9 Å². The van der Waals surface area contributed by atoms with Gasteiger partial charge < -0.3 is 31.0 Å². The van der Waals surface area contributed by atoms with Gasteiger partial charge in [-0.1, -0.05) is 69.5 Å². The average molecular weight is 636 g/mol. The van der Waals surface area contributed by atoms with E-state index in [2.05, 4.69) is 55.6 Å². The maximum Gasteiger partial charge on any atom is 0.481 e. The minimum absolute atomic E-state index is 0.0303. The number of fused-ring (bicyclic) bond motifs is 1. The fourth-order valence-corrected chi connectivity index (χ4v) is 7.64. The van der Waals surface area contributed by atoms with Crippen molar-refractivity contribution < 1.29 is 23.9 Å². The number of amides is 3. The molecule has 6 rings (SSSR count). The van der Waals surface area contributed by atoms with E-state index in [9.17, 15) is 19.7 Å². The molecule has 2 aromatic carbocycles. The fourth-order valence-electron chi connectivity index (χ4n) is 7.64. The van der Waals surface area contributed by atoms with Crippen LogP contribution in [-0.2, 0) is 14.1 Å². The first-order chi connectivity index (χ1) is 21.8. The smallest absolute Gasteiger partial charge is 0.404 e. The molecule has 13 nitrogen and oxygen atoms in total. The van der Waals surface area contributed by atoms with Gasteiger partial charge in [0.1, 0.15) is 6.04 Å². The zero-order valence-electron chi connectivity index (χ0n) is 27.2. The highest BCUT2D eigenvalue weighted by Gasteiger charge is 2.68. The van der Waals surface area contributed by atoms with Crippen LogP contribution in [-0.4, -0.2) is 60.3 Å². The maximum atomic E-state index is 13.9. The molecule has 0 radical (unpaired) electrons. The van der Waals surface area contributed by atoms with Gasteiger partial charge in [-0.15, -0.1) is 0 Å². The summed E-state index contributed by atoms with van der Waals surface area (Å²) in [6.07, 6.45) is 3.20. The van der Waals surface area contributed by atoms with E-state index in [1.807, 2.05) is 36.4 Å². The van der Waals surface area contributed by atoms with Crippen molar-refractivity contribution in [2.24, 2.45) is 33.9 Å². The third-order valence-electron chi connectivity index (χ3n) is 10.1. The van der Waals surface area contributed by atoms with Gasteiger partial charge in [-0.25, -0.2) is 19.9 Å². The van der Waals surface area contributed by atoms with Crippen molar-refractivity contribution in [1.82, 2.24) is 16.1 Å². The largest absolute Gasteiger partial charge is 0.481 e. The number of rotatable bonds is 12. The van der Waals surface area contributed by atoms with Crippen molar-refractivity contribution in [3.05, 3.63) is 52.6 Å². The van der Waals surface area contributed by atoms with Crippen LogP contribution in [0.1, 0.15) is 66.7 Å². The van der Waals surface area contributed by atoms with Crippen LogP contribution in [0.4, 0.5) is 10.5 Å². The van der Waals surface area contributed by atoms with Gasteiger partial charge in [0.25, 0.3) is 5.96 Å². The molecule has 46 heavy (non-hydrogen) atoms. The summed E-state index contributed by atoms with van der Waals surface area (Å²) in [6, 6.07) is 11.8. The Bertz CT molecular complexity index is 1480. The van der Waals surface area contributed by atoms with Crippen LogP contribution in [0.25, 0.3) is 10.8 Å². The average Bonchev–Trinajstić information content (AvgIpc) is 3.35. The molecule has 4 aliphatic rings. The number of nitro groups is 1. The Balaban J connectivity index is 1.30. The first-order valence-electron chi connectivity index (χ1n) is 16.2. The lowest BCUT2D eigenvalue weighted by atomic mass is 9.43. The Kier molecular flexibility index (Phi) is 9.78. The van der Waals surface area contributed by atoms with Crippen molar-refractivity contribution in [3.8, 4) is 0 Å². The lowest BCUT2D eigenvalue weighted by Gasteiger charge is -2.64. The summed E-state index contributed by atoms with van der Waals surface area (Å²) in [4.78, 5) is 41.8. The molecule has 248 valence electrons. The van der Waals surface area contributed by atoms with Crippen LogP contribution in [0, 0.1) is 33.3 Å². The number of carbonyl (C=O) groups is 2. The minimum atomic E-state index is -0.935. The number of benzene rings is 2. The van der Waals surface area contributed by atoms with Crippen LogP contribution < -0.4 is 27.1 Å². The molecule has 1 saturated heterocycles. The molecule has 1 heterocycles. The Morgan fingerprint density at radius 3 is 2.59 bits per heavy atom. The molecule has 14 heteroatoms. The van der Waals surface area contributed by atoms with E-state index in [-0.39, 0.29) is 42.3 Å². The molecule has 1 unspecified atom stereocenters. The molecule has 2 bridgehead atoms. The lowest BCUT2D eigenvalue weighted by Crippen LogP contribution is -2.65. The topological polar surface area (TPSA) is 182 Å². The van der Waals surface area contributed by atoms with E-state index in [0.29, 0.717) is 30.4 Å². The van der Waals surface area contributed by atoms with Gasteiger partial charge in [0.2, 0.25) is 5.91 Å². The maximum absolute atomic E-state index is 13.9. The molecule has 4 fully saturated rings. The van der Waals surface area contributed by atoms with E-state index in [0.717, 1.165) is 23.6 Å². The minimum Gasteiger partial charge on any atom is -0.404 e. The number of hydrogen-bond acceptors (Lipinski definition) is 7. The van der Waals surface area contributed by atoms with Crippen LogP contribution in [0.15, 0.2) is 47.5 Å². The van der Waals surface area contributed by atoms with Crippen molar-refractivity contribution >= 4 is 41.5 Å².